The summed E-state index contributed by atoms with van der Waals surface area (Å²) < 4.78 is 0. The zero-order valence-corrected chi connectivity index (χ0v) is 14.1. The Kier molecular flexibility index (Phi) is 5.07. The lowest BCUT2D eigenvalue weighted by Crippen LogP contribution is -2.39. The van der Waals surface area contributed by atoms with E-state index >= 15 is 0 Å². The van der Waals surface area contributed by atoms with Crippen LogP contribution < -0.4 is 5.32 Å². The molecular formula is C16H13N3O3S2. The van der Waals surface area contributed by atoms with Crippen LogP contribution in [0.4, 0.5) is 4.79 Å². The zero-order valence-electron chi connectivity index (χ0n) is 12.5. The smallest absolute Gasteiger partial charge is 0.294 e. The van der Waals surface area contributed by atoms with Crippen molar-refractivity contribution in [3.05, 3.63) is 57.4 Å². The predicted molar refractivity (Wildman–Crippen MR) is 93.1 cm³/mol. The van der Waals surface area contributed by atoms with Crippen molar-refractivity contribution in [2.45, 2.75) is 6.54 Å². The van der Waals surface area contributed by atoms with Crippen LogP contribution in [0.25, 0.3) is 6.08 Å². The maximum Gasteiger partial charge on any atom is 0.294 e. The maximum atomic E-state index is 12.3. The molecule has 6 nitrogen and oxygen atoms in total. The lowest BCUT2D eigenvalue weighted by Gasteiger charge is -2.12. The second-order valence-electron chi connectivity index (χ2n) is 4.88. The lowest BCUT2D eigenvalue weighted by molar-refractivity contribution is -0.129. The Labute approximate surface area is 146 Å². The van der Waals surface area contributed by atoms with E-state index in [-0.39, 0.29) is 13.1 Å². The predicted octanol–water partition coefficient (Wildman–Crippen LogP) is 2.50. The van der Waals surface area contributed by atoms with E-state index < -0.39 is 17.1 Å². The topological polar surface area (TPSA) is 79.4 Å². The van der Waals surface area contributed by atoms with Crippen molar-refractivity contribution in [3.63, 3.8) is 0 Å². The molecule has 8 heteroatoms. The third-order valence-electron chi connectivity index (χ3n) is 3.18. The number of pyridine rings is 1. The summed E-state index contributed by atoms with van der Waals surface area (Å²) in [6.45, 7) is -0.0415. The molecular weight excluding hydrogens is 346 g/mol. The molecule has 0 spiro atoms. The fourth-order valence-corrected chi connectivity index (χ4v) is 3.59. The van der Waals surface area contributed by atoms with Gasteiger partial charge in [-0.2, -0.15) is 0 Å². The molecule has 24 heavy (non-hydrogen) atoms. The molecule has 0 radical (unpaired) electrons. The first-order valence-electron chi connectivity index (χ1n) is 7.09. The minimum Gasteiger partial charge on any atom is -0.349 e. The van der Waals surface area contributed by atoms with Gasteiger partial charge >= 0.3 is 0 Å². The summed E-state index contributed by atoms with van der Waals surface area (Å²) >= 11 is 2.33. The molecule has 122 valence electrons. The SMILES string of the molecule is O=C(CN1C(=O)SC(=Cc2cccs2)C1=O)NCc1ccccn1. The second-order valence-corrected chi connectivity index (χ2v) is 6.85. The summed E-state index contributed by atoms with van der Waals surface area (Å²) in [5.74, 6) is -0.841. The fourth-order valence-electron chi connectivity index (χ4n) is 2.03. The van der Waals surface area contributed by atoms with Crippen molar-refractivity contribution >= 4 is 46.2 Å². The van der Waals surface area contributed by atoms with Crippen LogP contribution in [0.1, 0.15) is 10.6 Å². The molecule has 2 aromatic heterocycles. The number of nitrogens with zero attached hydrogens (tertiary/aromatic N) is 2. The molecule has 0 saturated carbocycles. The molecule has 0 bridgehead atoms. The Morgan fingerprint density at radius 2 is 2.12 bits per heavy atom. The quantitative estimate of drug-likeness (QED) is 0.830. The highest BCUT2D eigenvalue weighted by molar-refractivity contribution is 8.18. The highest BCUT2D eigenvalue weighted by Crippen LogP contribution is 2.32. The lowest BCUT2D eigenvalue weighted by atomic mass is 10.3. The van der Waals surface area contributed by atoms with Gasteiger partial charge < -0.3 is 5.32 Å². The van der Waals surface area contributed by atoms with Crippen molar-refractivity contribution in [1.29, 1.82) is 0 Å². The molecule has 2 aromatic rings. The Hall–Kier alpha value is -2.45. The van der Waals surface area contributed by atoms with Crippen LogP contribution in [0, 0.1) is 0 Å². The summed E-state index contributed by atoms with van der Waals surface area (Å²) in [6, 6.07) is 9.11. The van der Waals surface area contributed by atoms with Gasteiger partial charge in [-0.1, -0.05) is 12.1 Å². The van der Waals surface area contributed by atoms with Crippen molar-refractivity contribution in [2.75, 3.05) is 6.54 Å². The Balaban J connectivity index is 1.59. The van der Waals surface area contributed by atoms with E-state index in [2.05, 4.69) is 10.3 Å². The average molecular weight is 359 g/mol. The van der Waals surface area contributed by atoms with Crippen molar-refractivity contribution in [1.82, 2.24) is 15.2 Å². The highest BCUT2D eigenvalue weighted by atomic mass is 32.2. The fraction of sp³-hybridized carbons (Fsp3) is 0.125. The number of carbonyl (C=O) groups excluding carboxylic acids is 3. The summed E-state index contributed by atoms with van der Waals surface area (Å²) in [6.07, 6.45) is 3.30. The Morgan fingerprint density at radius 3 is 2.83 bits per heavy atom. The van der Waals surface area contributed by atoms with Crippen LogP contribution in [-0.4, -0.2) is 33.5 Å². The van der Waals surface area contributed by atoms with Crippen LogP contribution in [0.5, 0.6) is 0 Å². The van der Waals surface area contributed by atoms with Crippen molar-refractivity contribution < 1.29 is 14.4 Å². The van der Waals surface area contributed by atoms with Gasteiger partial charge in [0.1, 0.15) is 6.54 Å². The molecule has 1 aliphatic heterocycles. The van der Waals surface area contributed by atoms with Gasteiger partial charge in [0.25, 0.3) is 11.1 Å². The number of imide groups is 1. The maximum absolute atomic E-state index is 12.3. The van der Waals surface area contributed by atoms with Crippen LogP contribution >= 0.6 is 23.1 Å². The standard InChI is InChI=1S/C16H13N3O3S2/c20-14(18-9-11-4-1-2-6-17-11)10-19-15(21)13(24-16(19)22)8-12-5-3-7-23-12/h1-8H,9-10H2,(H,18,20). The number of thiophene rings is 1. The van der Waals surface area contributed by atoms with Gasteiger partial charge in [0.2, 0.25) is 5.91 Å². The van der Waals surface area contributed by atoms with Gasteiger partial charge in [0, 0.05) is 11.1 Å². The second kappa shape index (κ2) is 7.41. The first kappa shape index (κ1) is 16.4. The van der Waals surface area contributed by atoms with Gasteiger partial charge in [0.05, 0.1) is 17.1 Å². The van der Waals surface area contributed by atoms with E-state index in [1.165, 1.54) is 11.3 Å². The monoisotopic (exact) mass is 359 g/mol. The Bertz CT molecular complexity index is 788. The molecule has 0 aromatic carbocycles. The molecule has 3 rings (SSSR count). The molecule has 1 saturated heterocycles. The molecule has 1 N–H and O–H groups in total. The minimum absolute atomic E-state index is 0.251. The average Bonchev–Trinajstić information content (AvgIpc) is 3.18. The van der Waals surface area contributed by atoms with E-state index in [0.717, 1.165) is 21.5 Å². The van der Waals surface area contributed by atoms with Crippen LogP contribution in [0.3, 0.4) is 0 Å². The van der Waals surface area contributed by atoms with Crippen molar-refractivity contribution in [3.8, 4) is 0 Å². The normalized spacial score (nSPS) is 16.0. The first-order valence-corrected chi connectivity index (χ1v) is 8.78. The molecule has 0 atom stereocenters. The van der Waals surface area contributed by atoms with E-state index in [0.29, 0.717) is 10.6 Å². The minimum atomic E-state index is -0.439. The van der Waals surface area contributed by atoms with Gasteiger partial charge in [-0.25, -0.2) is 0 Å². The number of rotatable bonds is 5. The van der Waals surface area contributed by atoms with E-state index in [9.17, 15) is 14.4 Å². The van der Waals surface area contributed by atoms with Gasteiger partial charge in [-0.15, -0.1) is 11.3 Å². The van der Waals surface area contributed by atoms with Gasteiger partial charge in [-0.3, -0.25) is 24.3 Å². The summed E-state index contributed by atoms with van der Waals surface area (Å²) in [5, 5.41) is 4.11. The number of carbonyl (C=O) groups is 3. The Morgan fingerprint density at radius 1 is 1.25 bits per heavy atom. The van der Waals surface area contributed by atoms with E-state index in [4.69, 9.17) is 0 Å². The molecule has 0 unspecified atom stereocenters. The molecule has 1 aliphatic rings. The number of hydrogen-bond donors (Lipinski definition) is 1. The van der Waals surface area contributed by atoms with Crippen LogP contribution in [0.2, 0.25) is 0 Å². The third kappa shape index (κ3) is 3.90. The number of amides is 3. The summed E-state index contributed by atoms with van der Waals surface area (Å²) in [7, 11) is 0. The van der Waals surface area contributed by atoms with Gasteiger partial charge in [0.15, 0.2) is 0 Å². The van der Waals surface area contributed by atoms with E-state index in [1.54, 1.807) is 24.4 Å². The third-order valence-corrected chi connectivity index (χ3v) is 4.91. The largest absolute Gasteiger partial charge is 0.349 e. The summed E-state index contributed by atoms with van der Waals surface area (Å²) in [5.41, 5.74) is 0.706. The number of nitrogens with one attached hydrogen (secondary N) is 1. The highest BCUT2D eigenvalue weighted by Gasteiger charge is 2.36. The molecule has 1 fully saturated rings. The molecule has 3 amide bonds. The van der Waals surface area contributed by atoms with E-state index in [1.807, 2.05) is 23.6 Å². The van der Waals surface area contributed by atoms with Crippen molar-refractivity contribution in [2.24, 2.45) is 0 Å². The van der Waals surface area contributed by atoms with Crippen LogP contribution in [-0.2, 0) is 16.1 Å². The van der Waals surface area contributed by atoms with Gasteiger partial charge in [-0.05, 0) is 41.4 Å². The number of aromatic nitrogens is 1. The molecule has 0 aliphatic carbocycles. The number of hydrogen-bond acceptors (Lipinski definition) is 6. The molecule has 3 heterocycles. The zero-order chi connectivity index (χ0) is 16.9. The summed E-state index contributed by atoms with van der Waals surface area (Å²) in [4.78, 5) is 42.5. The first-order chi connectivity index (χ1) is 11.6. The van der Waals surface area contributed by atoms with Crippen LogP contribution in [0.15, 0.2) is 46.8 Å². The number of thioether (sulfide) groups is 1.